The van der Waals surface area contributed by atoms with E-state index in [0.29, 0.717) is 0 Å². The van der Waals surface area contributed by atoms with Crippen LogP contribution >= 0.6 is 0 Å². The van der Waals surface area contributed by atoms with Crippen LogP contribution in [0.5, 0.6) is 0 Å². The van der Waals surface area contributed by atoms with Crippen molar-refractivity contribution in [2.24, 2.45) is 5.34 Å². The number of rotatable bonds is 0. The Morgan fingerprint density at radius 2 is 1.75 bits per heavy atom. The summed E-state index contributed by atoms with van der Waals surface area (Å²) in [5.41, 5.74) is 0. The zero-order chi connectivity index (χ0) is 2.71. The molecule has 0 atom stereocenters. The Hall–Kier alpha value is -0.0675. The Kier molecular flexibility index (Phi) is 28.5. The molecule has 0 fully saturated rings. The average Bonchev–Trinajstić information content (AvgIpc) is 0.918. The van der Waals surface area contributed by atoms with E-state index in [2.05, 4.69) is 0 Å². The van der Waals surface area contributed by atoms with E-state index < -0.39 is 0 Å². The Morgan fingerprint density at radius 3 is 1.75 bits per heavy atom. The number of hydrogen-bond acceptors (Lipinski definition) is 2. The van der Waals surface area contributed by atoms with Crippen molar-refractivity contribution < 1.29 is 22.6 Å². The van der Waals surface area contributed by atoms with Crippen LogP contribution in [0.2, 0.25) is 0 Å². The summed E-state index contributed by atoms with van der Waals surface area (Å²) in [4.78, 5) is 8.11. The molecule has 21 valence electrons. The maximum Gasteiger partial charge on any atom is 3.00 e. The Balaban J connectivity index is 0. The smallest absolute Gasteiger partial charge is 0.379 e. The van der Waals surface area contributed by atoms with Crippen LogP contribution in [-0.2, 0) is 17.4 Å². The summed E-state index contributed by atoms with van der Waals surface area (Å²) in [6.45, 7) is 0. The van der Waals surface area contributed by atoms with E-state index >= 15 is 0 Å². The van der Waals surface area contributed by atoms with E-state index in [9.17, 15) is 0 Å². The van der Waals surface area contributed by atoms with Gasteiger partial charge in [0.25, 0.3) is 0 Å². The van der Waals surface area contributed by atoms with Gasteiger partial charge < -0.3 is 5.21 Å². The van der Waals surface area contributed by atoms with Gasteiger partial charge in [-0.15, -0.1) is 4.91 Å². The molecule has 0 unspecified atom stereocenters. The van der Waals surface area contributed by atoms with E-state index in [1.807, 2.05) is 0 Å². The van der Waals surface area contributed by atoms with E-state index in [1.54, 1.807) is 0 Å². The first-order chi connectivity index (χ1) is 1.41. The van der Waals surface area contributed by atoms with Crippen molar-refractivity contribution in [2.75, 3.05) is 0 Å². The molecule has 4 heteroatoms. The van der Waals surface area contributed by atoms with Gasteiger partial charge in [0.2, 0.25) is 0 Å². The monoisotopic (exact) mass is 98.9 g/mol. The van der Waals surface area contributed by atoms with Crippen LogP contribution in [0.15, 0.2) is 5.34 Å². The topological polar surface area (TPSA) is 49.7 Å². The van der Waals surface area contributed by atoms with Gasteiger partial charge in [-0.25, -0.2) is 0 Å². The third-order valence-electron chi connectivity index (χ3n) is 0. The molecule has 0 rings (SSSR count). The van der Waals surface area contributed by atoms with Crippen LogP contribution in [0.25, 0.3) is 0 Å². The summed E-state index contributed by atoms with van der Waals surface area (Å²) in [6.07, 6.45) is 0. The molecule has 0 aliphatic heterocycles. The summed E-state index contributed by atoms with van der Waals surface area (Å²) in [7, 11) is 0. The van der Waals surface area contributed by atoms with Crippen LogP contribution in [0.1, 0.15) is 0 Å². The van der Waals surface area contributed by atoms with Crippen LogP contribution in [0.3, 0.4) is 0 Å². The van der Waals surface area contributed by atoms with Gasteiger partial charge in [0.1, 0.15) is 0 Å². The third-order valence-corrected chi connectivity index (χ3v) is 0. The second-order valence-electron chi connectivity index (χ2n) is 0.0816. The van der Waals surface area contributed by atoms with Crippen LogP contribution in [0, 0.1) is 4.91 Å². The Labute approximate surface area is 33.7 Å². The maximum absolute atomic E-state index is 8.11. The average molecular weight is 99.0 g/mol. The normalized spacial score (nSPS) is 3.00. The van der Waals surface area contributed by atoms with Gasteiger partial charge in [0.15, 0.2) is 5.34 Å². The fourth-order valence-corrected chi connectivity index (χ4v) is 0. The molecule has 1 N–H and O–H groups in total. The van der Waals surface area contributed by atoms with Crippen molar-refractivity contribution in [1.29, 1.82) is 0 Å². The van der Waals surface area contributed by atoms with Crippen molar-refractivity contribution in [1.82, 2.24) is 0 Å². The first kappa shape index (κ1) is 9.06. The standard InChI is InChI=1S/Cr.HNO2/c;2-1-3/h;(H,2,3)/q+3;. The minimum atomic E-state index is 0. The Morgan fingerprint density at radius 1 is 1.75 bits per heavy atom. The van der Waals surface area contributed by atoms with Crippen LogP contribution < -0.4 is 0 Å². The van der Waals surface area contributed by atoms with Gasteiger partial charge in [-0.05, 0) is 0 Å². The molecule has 0 bridgehead atoms. The van der Waals surface area contributed by atoms with E-state index in [4.69, 9.17) is 10.1 Å². The zero-order valence-corrected chi connectivity index (χ0v) is 2.99. The first-order valence-electron chi connectivity index (χ1n) is 0.383. The summed E-state index contributed by atoms with van der Waals surface area (Å²) < 4.78 is 0. The molecule has 0 aromatic heterocycles. The number of hydrogen-bond donors (Lipinski definition) is 1. The Bertz CT molecular complexity index is 13.5. The van der Waals surface area contributed by atoms with E-state index in [-0.39, 0.29) is 17.4 Å². The second kappa shape index (κ2) is 12.6. The predicted octanol–water partition coefficient (Wildman–Crippen LogP) is 0.140. The molecule has 0 aliphatic carbocycles. The molecule has 4 heavy (non-hydrogen) atoms. The first-order valence-corrected chi connectivity index (χ1v) is 0.383. The summed E-state index contributed by atoms with van der Waals surface area (Å²) in [5.74, 6) is 0. The molecule has 0 aromatic rings. The third kappa shape index (κ3) is 368. The summed E-state index contributed by atoms with van der Waals surface area (Å²) >= 11 is 0. The maximum atomic E-state index is 8.11. The van der Waals surface area contributed by atoms with Crippen molar-refractivity contribution in [2.45, 2.75) is 0 Å². The predicted molar refractivity (Wildman–Crippen MR) is 7.58 cm³/mol. The van der Waals surface area contributed by atoms with Crippen molar-refractivity contribution in [3.8, 4) is 0 Å². The molecule has 0 aliphatic rings. The molecule has 0 saturated carbocycles. The van der Waals surface area contributed by atoms with Crippen molar-refractivity contribution >= 4 is 0 Å². The molecule has 0 saturated heterocycles. The minimum Gasteiger partial charge on any atom is -0.379 e. The molecular formula is HCrNO2+3. The van der Waals surface area contributed by atoms with Gasteiger partial charge in [0, 0.05) is 0 Å². The van der Waals surface area contributed by atoms with E-state index in [0.717, 1.165) is 0 Å². The molecule has 3 nitrogen and oxygen atoms in total. The van der Waals surface area contributed by atoms with Gasteiger partial charge in [-0.1, -0.05) is 0 Å². The van der Waals surface area contributed by atoms with Gasteiger partial charge in [-0.2, -0.15) is 0 Å². The molecule has 0 spiro atoms. The molecule has 0 aromatic carbocycles. The van der Waals surface area contributed by atoms with Crippen molar-refractivity contribution in [3.05, 3.63) is 4.91 Å². The van der Waals surface area contributed by atoms with Gasteiger partial charge >= 0.3 is 17.4 Å². The molecule has 0 amide bonds. The van der Waals surface area contributed by atoms with Crippen molar-refractivity contribution in [3.63, 3.8) is 0 Å². The van der Waals surface area contributed by atoms with Crippen LogP contribution in [0.4, 0.5) is 0 Å². The van der Waals surface area contributed by atoms with E-state index in [1.165, 1.54) is 5.34 Å². The zero-order valence-electron chi connectivity index (χ0n) is 1.71. The van der Waals surface area contributed by atoms with Crippen LogP contribution in [-0.4, -0.2) is 5.21 Å². The summed E-state index contributed by atoms with van der Waals surface area (Å²) in [6, 6.07) is 0. The SMILES string of the molecule is O=NO.[Cr+3]. The largest absolute Gasteiger partial charge is 3.00 e. The summed E-state index contributed by atoms with van der Waals surface area (Å²) in [5, 5.41) is 7.89. The van der Waals surface area contributed by atoms with Gasteiger partial charge in [0.05, 0.1) is 0 Å². The fourth-order valence-electron chi connectivity index (χ4n) is 0. The molecular weight excluding hydrogens is 98.0 g/mol. The fraction of sp³-hybridized carbons (Fsp3) is 0. The minimum absolute atomic E-state index is 0. The molecule has 1 radical (unpaired) electrons. The number of nitrogens with zero attached hydrogens (tertiary/aromatic N) is 1. The quantitative estimate of drug-likeness (QED) is 0.347. The van der Waals surface area contributed by atoms with Gasteiger partial charge in [-0.3, -0.25) is 0 Å². The second-order valence-corrected chi connectivity index (χ2v) is 0.0816. The molecule has 0 heterocycles.